The Morgan fingerprint density at radius 3 is 2.72 bits per heavy atom. The van der Waals surface area contributed by atoms with Gasteiger partial charge in [0.05, 0.1) is 18.5 Å². The van der Waals surface area contributed by atoms with Gasteiger partial charge in [-0.05, 0) is 13.8 Å². The van der Waals surface area contributed by atoms with E-state index in [2.05, 4.69) is 5.10 Å². The number of rotatable bonds is 6. The minimum Gasteiger partial charge on any atom is -0.465 e. The van der Waals surface area contributed by atoms with E-state index in [1.165, 1.54) is 15.8 Å². The molecule has 7 heteroatoms. The van der Waals surface area contributed by atoms with Crippen molar-refractivity contribution in [2.24, 2.45) is 0 Å². The number of nitrogen functional groups attached to an aromatic ring is 1. The zero-order valence-corrected chi connectivity index (χ0v) is 10.6. The van der Waals surface area contributed by atoms with E-state index in [-0.39, 0.29) is 19.0 Å². The van der Waals surface area contributed by atoms with Crippen molar-refractivity contribution in [3.63, 3.8) is 0 Å². The highest BCUT2D eigenvalue weighted by Crippen LogP contribution is 2.00. The van der Waals surface area contributed by atoms with Crippen LogP contribution in [0.3, 0.4) is 0 Å². The number of nitrogens with two attached hydrogens (primary N) is 1. The monoisotopic (exact) mass is 254 g/mol. The summed E-state index contributed by atoms with van der Waals surface area (Å²) in [6.45, 7) is 4.29. The highest BCUT2D eigenvalue weighted by Gasteiger charge is 2.16. The highest BCUT2D eigenvalue weighted by atomic mass is 16.5. The zero-order chi connectivity index (χ0) is 13.5. The minimum absolute atomic E-state index is 0.0417. The van der Waals surface area contributed by atoms with Gasteiger partial charge in [0.15, 0.2) is 0 Å². The van der Waals surface area contributed by atoms with Crippen LogP contribution in [-0.4, -0.2) is 46.3 Å². The van der Waals surface area contributed by atoms with Crippen LogP contribution < -0.4 is 5.73 Å². The molecule has 0 atom stereocenters. The van der Waals surface area contributed by atoms with Crippen molar-refractivity contribution in [3.05, 3.63) is 12.4 Å². The molecule has 1 amide bonds. The van der Waals surface area contributed by atoms with Gasteiger partial charge >= 0.3 is 5.97 Å². The van der Waals surface area contributed by atoms with Gasteiger partial charge in [-0.15, -0.1) is 0 Å². The number of carbonyl (C=O) groups excluding carboxylic acids is 2. The predicted octanol–water partition coefficient (Wildman–Crippen LogP) is -0.123. The van der Waals surface area contributed by atoms with Crippen LogP contribution in [0.4, 0.5) is 5.69 Å². The molecule has 1 aromatic heterocycles. The van der Waals surface area contributed by atoms with E-state index in [0.29, 0.717) is 18.8 Å². The molecule has 0 aliphatic carbocycles. The van der Waals surface area contributed by atoms with Gasteiger partial charge in [0.2, 0.25) is 5.91 Å². The molecule has 0 saturated carbocycles. The third-order valence-electron chi connectivity index (χ3n) is 2.31. The molecule has 2 N–H and O–H groups in total. The fourth-order valence-corrected chi connectivity index (χ4v) is 1.44. The first-order valence-electron chi connectivity index (χ1n) is 5.78. The minimum atomic E-state index is -0.410. The lowest BCUT2D eigenvalue weighted by Gasteiger charge is -2.19. The highest BCUT2D eigenvalue weighted by molar-refractivity contribution is 5.81. The van der Waals surface area contributed by atoms with Crippen LogP contribution >= 0.6 is 0 Å². The second kappa shape index (κ2) is 6.63. The first kappa shape index (κ1) is 14.0. The number of anilines is 1. The number of aromatic nitrogens is 2. The Balaban J connectivity index is 2.54. The number of esters is 1. The molecule has 100 valence electrons. The summed E-state index contributed by atoms with van der Waals surface area (Å²) in [5, 5.41) is 3.92. The summed E-state index contributed by atoms with van der Waals surface area (Å²) in [5.41, 5.74) is 6.00. The normalized spacial score (nSPS) is 10.1. The number of ether oxygens (including phenoxy) is 1. The van der Waals surface area contributed by atoms with Crippen molar-refractivity contribution in [3.8, 4) is 0 Å². The Kier molecular flexibility index (Phi) is 5.16. The quantitative estimate of drug-likeness (QED) is 0.714. The van der Waals surface area contributed by atoms with Gasteiger partial charge in [0.1, 0.15) is 13.1 Å². The lowest BCUT2D eigenvalue weighted by atomic mass is 10.4. The lowest BCUT2D eigenvalue weighted by Crippen LogP contribution is -2.38. The molecule has 1 aromatic rings. The Morgan fingerprint density at radius 2 is 2.22 bits per heavy atom. The van der Waals surface area contributed by atoms with Crippen LogP contribution in [0.5, 0.6) is 0 Å². The number of hydrogen-bond acceptors (Lipinski definition) is 5. The molecule has 1 heterocycles. The SMILES string of the molecule is CCOC(=O)CN(CC)C(=O)Cn1cc(N)cn1. The van der Waals surface area contributed by atoms with Gasteiger partial charge in [-0.1, -0.05) is 0 Å². The van der Waals surface area contributed by atoms with Gasteiger partial charge in [0.25, 0.3) is 0 Å². The van der Waals surface area contributed by atoms with Gasteiger partial charge in [-0.2, -0.15) is 5.10 Å². The molecule has 18 heavy (non-hydrogen) atoms. The Labute approximate surface area is 105 Å². The van der Waals surface area contributed by atoms with E-state index in [1.54, 1.807) is 20.0 Å². The molecule has 0 aromatic carbocycles. The third-order valence-corrected chi connectivity index (χ3v) is 2.31. The van der Waals surface area contributed by atoms with E-state index in [9.17, 15) is 9.59 Å². The molecule has 0 aliphatic rings. The maximum absolute atomic E-state index is 11.9. The van der Waals surface area contributed by atoms with Crippen LogP contribution in [-0.2, 0) is 20.9 Å². The van der Waals surface area contributed by atoms with Crippen LogP contribution in [0.25, 0.3) is 0 Å². The topological polar surface area (TPSA) is 90.5 Å². The largest absolute Gasteiger partial charge is 0.465 e. The lowest BCUT2D eigenvalue weighted by molar-refractivity contribution is -0.149. The summed E-state index contributed by atoms with van der Waals surface area (Å²) in [6.07, 6.45) is 3.03. The standard InChI is InChI=1S/C11H18N4O3/c1-3-14(8-11(17)18-4-2)10(16)7-15-6-9(12)5-13-15/h5-6H,3-4,7-8,12H2,1-2H3. The molecule has 7 nitrogen and oxygen atoms in total. The first-order valence-corrected chi connectivity index (χ1v) is 5.78. The summed E-state index contributed by atoms with van der Waals surface area (Å²) >= 11 is 0. The van der Waals surface area contributed by atoms with Gasteiger partial charge in [-0.3, -0.25) is 14.3 Å². The third kappa shape index (κ3) is 4.08. The fraction of sp³-hybridized carbons (Fsp3) is 0.545. The molecule has 0 radical (unpaired) electrons. The van der Waals surface area contributed by atoms with Gasteiger partial charge in [0, 0.05) is 12.7 Å². The van der Waals surface area contributed by atoms with Crippen molar-refractivity contribution >= 4 is 17.6 Å². The molecule has 0 spiro atoms. The first-order chi connectivity index (χ1) is 8.56. The molecule has 0 bridgehead atoms. The number of likely N-dealkylation sites (N-methyl/N-ethyl adjacent to an activating group) is 1. The van der Waals surface area contributed by atoms with E-state index in [0.717, 1.165) is 0 Å². The molecule has 0 fully saturated rings. The van der Waals surface area contributed by atoms with Crippen LogP contribution in [0, 0.1) is 0 Å². The zero-order valence-electron chi connectivity index (χ0n) is 10.6. The molecule has 0 saturated heterocycles. The smallest absolute Gasteiger partial charge is 0.325 e. The summed E-state index contributed by atoms with van der Waals surface area (Å²) in [7, 11) is 0. The summed E-state index contributed by atoms with van der Waals surface area (Å²) in [5.74, 6) is -0.610. The van der Waals surface area contributed by atoms with Crippen LogP contribution in [0.15, 0.2) is 12.4 Å². The molecular formula is C11H18N4O3. The number of hydrogen-bond donors (Lipinski definition) is 1. The fourth-order valence-electron chi connectivity index (χ4n) is 1.44. The number of nitrogens with zero attached hydrogens (tertiary/aromatic N) is 3. The average molecular weight is 254 g/mol. The second-order valence-electron chi connectivity index (χ2n) is 3.68. The second-order valence-corrected chi connectivity index (χ2v) is 3.68. The van der Waals surface area contributed by atoms with Crippen molar-refractivity contribution in [1.29, 1.82) is 0 Å². The van der Waals surface area contributed by atoms with E-state index >= 15 is 0 Å². The van der Waals surface area contributed by atoms with E-state index < -0.39 is 5.97 Å². The van der Waals surface area contributed by atoms with Crippen molar-refractivity contribution in [2.45, 2.75) is 20.4 Å². The molecule has 1 rings (SSSR count). The van der Waals surface area contributed by atoms with Crippen LogP contribution in [0.1, 0.15) is 13.8 Å². The summed E-state index contributed by atoms with van der Waals surface area (Å²) in [6, 6.07) is 0. The maximum atomic E-state index is 11.9. The van der Waals surface area contributed by atoms with Crippen molar-refractivity contribution < 1.29 is 14.3 Å². The maximum Gasteiger partial charge on any atom is 0.325 e. The average Bonchev–Trinajstić information content (AvgIpc) is 2.72. The predicted molar refractivity (Wildman–Crippen MR) is 65.5 cm³/mol. The van der Waals surface area contributed by atoms with Gasteiger partial charge in [-0.25, -0.2) is 0 Å². The summed E-state index contributed by atoms with van der Waals surface area (Å²) in [4.78, 5) is 24.6. The number of amides is 1. The molecular weight excluding hydrogens is 236 g/mol. The Bertz CT molecular complexity index is 416. The Morgan fingerprint density at radius 1 is 1.50 bits per heavy atom. The Hall–Kier alpha value is -2.05. The number of carbonyl (C=O) groups is 2. The van der Waals surface area contributed by atoms with Crippen LogP contribution in [0.2, 0.25) is 0 Å². The molecule has 0 aliphatic heterocycles. The molecule has 0 unspecified atom stereocenters. The van der Waals surface area contributed by atoms with E-state index in [4.69, 9.17) is 10.5 Å². The summed E-state index contributed by atoms with van der Waals surface area (Å²) < 4.78 is 6.24. The van der Waals surface area contributed by atoms with Crippen molar-refractivity contribution in [2.75, 3.05) is 25.4 Å². The van der Waals surface area contributed by atoms with E-state index in [1.807, 2.05) is 0 Å². The van der Waals surface area contributed by atoms with Crippen molar-refractivity contribution in [1.82, 2.24) is 14.7 Å². The van der Waals surface area contributed by atoms with Gasteiger partial charge < -0.3 is 15.4 Å².